The van der Waals surface area contributed by atoms with Gasteiger partial charge in [0.1, 0.15) is 6.54 Å². The molecule has 4 nitrogen and oxygen atoms in total. The van der Waals surface area contributed by atoms with Crippen molar-refractivity contribution in [2.75, 3.05) is 6.54 Å². The molecule has 3 amide bonds. The van der Waals surface area contributed by atoms with Crippen LogP contribution >= 0.6 is 0 Å². The quantitative estimate of drug-likeness (QED) is 0.617. The van der Waals surface area contributed by atoms with Crippen LogP contribution in [0.1, 0.15) is 40.0 Å². The molecule has 0 atom stereocenters. The molecule has 0 bridgehead atoms. The van der Waals surface area contributed by atoms with Gasteiger partial charge >= 0.3 is 6.03 Å². The number of imide groups is 1. The van der Waals surface area contributed by atoms with Gasteiger partial charge in [-0.25, -0.2) is 4.79 Å². The Kier molecular flexibility index (Phi) is 2.24. The summed E-state index contributed by atoms with van der Waals surface area (Å²) in [5.74, 6) is -0.0281. The van der Waals surface area contributed by atoms with Crippen molar-refractivity contribution in [1.29, 1.82) is 0 Å². The van der Waals surface area contributed by atoms with Crippen LogP contribution in [0.15, 0.2) is 0 Å². The normalized spacial score (nSPS) is 23.7. The van der Waals surface area contributed by atoms with Gasteiger partial charge in [-0.1, -0.05) is 0 Å². The van der Waals surface area contributed by atoms with Crippen LogP contribution in [0.2, 0.25) is 0 Å². The first-order valence-electron chi connectivity index (χ1n) is 5.55. The maximum Gasteiger partial charge on any atom is 0.327 e. The average Bonchev–Trinajstić information content (AvgIpc) is 2.27. The van der Waals surface area contributed by atoms with Crippen LogP contribution in [-0.2, 0) is 4.79 Å². The zero-order valence-corrected chi connectivity index (χ0v) is 9.62. The second-order valence-corrected chi connectivity index (χ2v) is 5.39. The molecule has 2 aliphatic rings. The highest BCUT2D eigenvalue weighted by Gasteiger charge is 2.45. The van der Waals surface area contributed by atoms with Gasteiger partial charge in [0.15, 0.2) is 0 Å². The van der Waals surface area contributed by atoms with Gasteiger partial charge in [-0.05, 0) is 40.0 Å². The summed E-state index contributed by atoms with van der Waals surface area (Å²) in [7, 11) is 0. The number of urea groups is 1. The van der Waals surface area contributed by atoms with Crippen molar-refractivity contribution in [3.05, 3.63) is 0 Å². The second kappa shape index (κ2) is 3.22. The summed E-state index contributed by atoms with van der Waals surface area (Å²) in [6, 6.07) is 0.0783. The van der Waals surface area contributed by atoms with E-state index in [9.17, 15) is 9.59 Å². The topological polar surface area (TPSA) is 40.6 Å². The van der Waals surface area contributed by atoms with Gasteiger partial charge in [0.2, 0.25) is 0 Å². The van der Waals surface area contributed by atoms with Gasteiger partial charge in [-0.3, -0.25) is 9.69 Å². The lowest BCUT2D eigenvalue weighted by molar-refractivity contribution is -0.128. The Hall–Kier alpha value is -1.06. The van der Waals surface area contributed by atoms with E-state index < -0.39 is 0 Å². The second-order valence-electron chi connectivity index (χ2n) is 5.39. The molecule has 0 aromatic rings. The summed E-state index contributed by atoms with van der Waals surface area (Å²) in [6.45, 7) is 6.13. The lowest BCUT2D eigenvalue weighted by atomic mass is 9.92. The third-order valence-electron chi connectivity index (χ3n) is 3.25. The van der Waals surface area contributed by atoms with Gasteiger partial charge < -0.3 is 4.90 Å². The molecule has 15 heavy (non-hydrogen) atoms. The van der Waals surface area contributed by atoms with E-state index in [4.69, 9.17) is 0 Å². The van der Waals surface area contributed by atoms with Crippen LogP contribution in [0, 0.1) is 0 Å². The number of rotatable bonds is 1. The Bertz CT molecular complexity index is 302. The molecule has 0 aromatic carbocycles. The zero-order valence-electron chi connectivity index (χ0n) is 9.62. The lowest BCUT2D eigenvalue weighted by Crippen LogP contribution is -2.48. The molecule has 2 rings (SSSR count). The van der Waals surface area contributed by atoms with Gasteiger partial charge in [0, 0.05) is 11.6 Å². The molecule has 0 spiro atoms. The van der Waals surface area contributed by atoms with Crippen LogP contribution in [0.5, 0.6) is 0 Å². The standard InChI is InChI=1S/C11H18N2O2/c1-11(2,3)12-7-9(14)13(10(12)15)8-5-4-6-8/h8H,4-7H2,1-3H3. The van der Waals surface area contributed by atoms with E-state index in [0.717, 1.165) is 19.3 Å². The van der Waals surface area contributed by atoms with Crippen molar-refractivity contribution in [1.82, 2.24) is 9.80 Å². The number of nitrogens with zero attached hydrogens (tertiary/aromatic N) is 2. The van der Waals surface area contributed by atoms with Crippen molar-refractivity contribution in [2.45, 2.75) is 51.6 Å². The highest BCUT2D eigenvalue weighted by Crippen LogP contribution is 2.30. The van der Waals surface area contributed by atoms with Crippen LogP contribution in [0.4, 0.5) is 4.79 Å². The molecule has 1 heterocycles. The van der Waals surface area contributed by atoms with Gasteiger partial charge in [-0.2, -0.15) is 0 Å². The van der Waals surface area contributed by atoms with Crippen molar-refractivity contribution in [3.63, 3.8) is 0 Å². The molecule has 1 aliphatic heterocycles. The number of amides is 3. The molecule has 1 saturated heterocycles. The maximum atomic E-state index is 12.0. The highest BCUT2D eigenvalue weighted by molar-refractivity contribution is 6.02. The van der Waals surface area contributed by atoms with Gasteiger partial charge in [0.05, 0.1) is 0 Å². The number of hydrogen-bond donors (Lipinski definition) is 0. The Morgan fingerprint density at radius 2 is 1.80 bits per heavy atom. The Balaban J connectivity index is 2.15. The predicted octanol–water partition coefficient (Wildman–Crippen LogP) is 1.60. The largest absolute Gasteiger partial charge is 0.327 e. The lowest BCUT2D eigenvalue weighted by Gasteiger charge is -2.35. The molecule has 0 radical (unpaired) electrons. The van der Waals surface area contributed by atoms with Crippen molar-refractivity contribution in [2.24, 2.45) is 0 Å². The molecular weight excluding hydrogens is 192 g/mol. The van der Waals surface area contributed by atoms with Gasteiger partial charge in [0.25, 0.3) is 5.91 Å². The van der Waals surface area contributed by atoms with Gasteiger partial charge in [-0.15, -0.1) is 0 Å². The Morgan fingerprint density at radius 1 is 1.20 bits per heavy atom. The molecule has 4 heteroatoms. The Labute approximate surface area is 90.2 Å². The fourth-order valence-corrected chi connectivity index (χ4v) is 2.04. The van der Waals surface area contributed by atoms with E-state index in [0.29, 0.717) is 0 Å². The van der Waals surface area contributed by atoms with Crippen LogP contribution in [0.25, 0.3) is 0 Å². The fraction of sp³-hybridized carbons (Fsp3) is 0.818. The van der Waals surface area contributed by atoms with E-state index in [1.165, 1.54) is 4.90 Å². The molecule has 2 fully saturated rings. The smallest absolute Gasteiger partial charge is 0.310 e. The van der Waals surface area contributed by atoms with Crippen molar-refractivity contribution in [3.8, 4) is 0 Å². The van der Waals surface area contributed by atoms with Crippen LogP contribution in [0.3, 0.4) is 0 Å². The van der Waals surface area contributed by atoms with Crippen molar-refractivity contribution < 1.29 is 9.59 Å². The molecule has 84 valence electrons. The van der Waals surface area contributed by atoms with E-state index in [2.05, 4.69) is 0 Å². The predicted molar refractivity (Wildman–Crippen MR) is 56.3 cm³/mol. The number of hydrogen-bond acceptors (Lipinski definition) is 2. The third kappa shape index (κ3) is 1.62. The first-order valence-corrected chi connectivity index (χ1v) is 5.55. The SMILES string of the molecule is CC(C)(C)N1CC(=O)N(C2CCC2)C1=O. The summed E-state index contributed by atoms with van der Waals surface area (Å²) in [4.78, 5) is 26.9. The molecule has 0 aromatic heterocycles. The monoisotopic (exact) mass is 210 g/mol. The average molecular weight is 210 g/mol. The van der Waals surface area contributed by atoms with Crippen molar-refractivity contribution >= 4 is 11.9 Å². The summed E-state index contributed by atoms with van der Waals surface area (Å²) < 4.78 is 0. The summed E-state index contributed by atoms with van der Waals surface area (Å²) in [5, 5.41) is 0. The third-order valence-corrected chi connectivity index (χ3v) is 3.25. The first-order chi connectivity index (χ1) is 6.91. The first kappa shape index (κ1) is 10.5. The van der Waals surface area contributed by atoms with E-state index >= 15 is 0 Å². The van der Waals surface area contributed by atoms with E-state index in [1.807, 2.05) is 20.8 Å². The molecule has 0 N–H and O–H groups in total. The maximum absolute atomic E-state index is 12.0. The van der Waals surface area contributed by atoms with E-state index in [-0.39, 0.29) is 30.1 Å². The summed E-state index contributed by atoms with van der Waals surface area (Å²) in [6.07, 6.45) is 3.10. The minimum Gasteiger partial charge on any atom is -0.310 e. The van der Waals surface area contributed by atoms with Crippen LogP contribution < -0.4 is 0 Å². The molecule has 0 unspecified atom stereocenters. The molecule has 1 saturated carbocycles. The minimum absolute atomic E-state index is 0.0281. The zero-order chi connectivity index (χ0) is 11.2. The summed E-state index contributed by atoms with van der Waals surface area (Å²) in [5.41, 5.74) is -0.259. The number of carbonyl (C=O) groups excluding carboxylic acids is 2. The molecular formula is C11H18N2O2. The fourth-order valence-electron chi connectivity index (χ4n) is 2.04. The van der Waals surface area contributed by atoms with Crippen LogP contribution in [-0.4, -0.2) is 39.9 Å². The van der Waals surface area contributed by atoms with E-state index in [1.54, 1.807) is 4.90 Å². The number of carbonyl (C=O) groups is 2. The molecule has 1 aliphatic carbocycles. The highest BCUT2D eigenvalue weighted by atomic mass is 16.2. The summed E-state index contributed by atoms with van der Waals surface area (Å²) >= 11 is 0. The Morgan fingerprint density at radius 3 is 2.13 bits per heavy atom. The minimum atomic E-state index is -0.259.